The fraction of sp³-hybridized carbons (Fsp3) is 0.333. The van der Waals surface area contributed by atoms with Crippen LogP contribution in [0.4, 0.5) is 26.3 Å². The molecule has 0 amide bonds. The molecule has 0 aliphatic rings. The molecule has 3 nitrogen and oxygen atoms in total. The summed E-state index contributed by atoms with van der Waals surface area (Å²) in [5.74, 6) is -0.617. The van der Waals surface area contributed by atoms with Gasteiger partial charge in [-0.15, -0.1) is 0 Å². The first-order valence-electron chi connectivity index (χ1n) is 8.02. The van der Waals surface area contributed by atoms with Crippen LogP contribution in [0, 0.1) is 0 Å². The zero-order valence-corrected chi connectivity index (χ0v) is 15.7. The highest BCUT2D eigenvalue weighted by atomic mass is 32.2. The summed E-state index contributed by atoms with van der Waals surface area (Å²) >= 11 is 0. The van der Waals surface area contributed by atoms with Gasteiger partial charge in [0.2, 0.25) is 0 Å². The Bertz CT molecular complexity index is 843. The molecule has 0 aliphatic heterocycles. The molecule has 28 heavy (non-hydrogen) atoms. The predicted molar refractivity (Wildman–Crippen MR) is 91.1 cm³/mol. The lowest BCUT2D eigenvalue weighted by atomic mass is 9.92. The smallest absolute Gasteiger partial charge is 0.369 e. The van der Waals surface area contributed by atoms with Crippen molar-refractivity contribution in [2.24, 2.45) is 0 Å². The van der Waals surface area contributed by atoms with E-state index in [2.05, 4.69) is 0 Å². The molecule has 2 rings (SSSR count). The maximum absolute atomic E-state index is 12.8. The summed E-state index contributed by atoms with van der Waals surface area (Å²) in [6, 6.07) is 9.60. The van der Waals surface area contributed by atoms with E-state index in [0.29, 0.717) is 12.1 Å². The number of benzene rings is 2. The molecule has 0 heterocycles. The van der Waals surface area contributed by atoms with Gasteiger partial charge in [0.1, 0.15) is 0 Å². The maximum atomic E-state index is 12.8. The molecule has 156 valence electrons. The largest absolute Gasteiger partial charge is 0.430 e. The first-order chi connectivity index (χ1) is 12.8. The zero-order chi connectivity index (χ0) is 21.8. The normalized spacial score (nSPS) is 12.9. The fourth-order valence-corrected chi connectivity index (χ4v) is 3.63. The summed E-state index contributed by atoms with van der Waals surface area (Å²) in [5, 5.41) is 9.29. The molecule has 0 atom stereocenters. The summed E-state index contributed by atoms with van der Waals surface area (Å²) in [7, 11) is -3.83. The highest BCUT2D eigenvalue weighted by Gasteiger charge is 2.71. The first-order valence-corrected chi connectivity index (χ1v) is 9.67. The Labute approximate surface area is 158 Å². The fourth-order valence-electron chi connectivity index (χ4n) is 2.26. The minimum atomic E-state index is -6.00. The van der Waals surface area contributed by atoms with Crippen LogP contribution in [-0.2, 0) is 21.2 Å². The minimum absolute atomic E-state index is 0.0238. The second kappa shape index (κ2) is 8.52. The number of rotatable bonds is 4. The zero-order valence-electron chi connectivity index (χ0n) is 14.8. The molecule has 2 aromatic rings. The van der Waals surface area contributed by atoms with Crippen molar-refractivity contribution in [3.8, 4) is 0 Å². The highest BCUT2D eigenvalue weighted by Crippen LogP contribution is 2.49. The van der Waals surface area contributed by atoms with Crippen LogP contribution in [0.25, 0.3) is 0 Å². The van der Waals surface area contributed by atoms with Crippen molar-refractivity contribution >= 4 is 9.84 Å². The van der Waals surface area contributed by atoms with Crippen molar-refractivity contribution < 1.29 is 39.9 Å². The molecule has 0 spiro atoms. The van der Waals surface area contributed by atoms with Gasteiger partial charge < -0.3 is 5.11 Å². The van der Waals surface area contributed by atoms with E-state index in [1.165, 1.54) is 24.3 Å². The molecule has 0 aromatic heterocycles. The van der Waals surface area contributed by atoms with Gasteiger partial charge >= 0.3 is 12.4 Å². The van der Waals surface area contributed by atoms with E-state index in [4.69, 9.17) is 0 Å². The highest BCUT2D eigenvalue weighted by molar-refractivity contribution is 7.90. The molecule has 0 saturated carbocycles. The van der Waals surface area contributed by atoms with E-state index in [9.17, 15) is 39.9 Å². The van der Waals surface area contributed by atoms with E-state index in [-0.39, 0.29) is 10.5 Å². The van der Waals surface area contributed by atoms with Gasteiger partial charge in [0, 0.05) is 5.56 Å². The first kappa shape index (κ1) is 24.0. The topological polar surface area (TPSA) is 54.4 Å². The van der Waals surface area contributed by atoms with Crippen LogP contribution >= 0.6 is 0 Å². The van der Waals surface area contributed by atoms with Crippen molar-refractivity contribution in [2.75, 3.05) is 0 Å². The number of sulfone groups is 1. The van der Waals surface area contributed by atoms with Gasteiger partial charge in [0.25, 0.3) is 5.60 Å². The molecule has 0 unspecified atom stereocenters. The van der Waals surface area contributed by atoms with Gasteiger partial charge in [0.05, 0.1) is 10.6 Å². The van der Waals surface area contributed by atoms with Crippen LogP contribution in [-0.4, -0.2) is 25.9 Å². The average Bonchev–Trinajstić information content (AvgIpc) is 2.62. The Balaban J connectivity index is 0.00000190. The molecular weight excluding hydrogens is 410 g/mol. The van der Waals surface area contributed by atoms with Gasteiger partial charge in [-0.2, -0.15) is 26.3 Å². The average molecular weight is 428 g/mol. The Morgan fingerprint density at radius 1 is 0.786 bits per heavy atom. The summed E-state index contributed by atoms with van der Waals surface area (Å²) in [6.07, 6.45) is -12.0. The number of hydrogen-bond acceptors (Lipinski definition) is 3. The lowest BCUT2D eigenvalue weighted by Crippen LogP contribution is -2.53. The number of hydrogen-bond donors (Lipinski definition) is 1. The summed E-state index contributed by atoms with van der Waals surface area (Å²) in [6.45, 7) is 4.00. The molecule has 0 saturated heterocycles. The molecule has 0 radical (unpaired) electrons. The Hall–Kier alpha value is -2.07. The quantitative estimate of drug-likeness (QED) is 0.698. The summed E-state index contributed by atoms with van der Waals surface area (Å²) in [4.78, 5) is -0.0360. The third-order valence-corrected chi connectivity index (χ3v) is 5.35. The second-order valence-electron chi connectivity index (χ2n) is 5.47. The van der Waals surface area contributed by atoms with Crippen molar-refractivity contribution in [3.63, 3.8) is 0 Å². The standard InChI is InChI=1S/C16H12F6O3S.C2H6/c17-15(18,19)14(23,16(20,21)22)12-8-6-11(7-9-12)10-26(24,25)13-4-2-1-3-5-13;1-2/h1-9,23H,10H2;1-2H3. The minimum Gasteiger partial charge on any atom is -0.369 e. The lowest BCUT2D eigenvalue weighted by molar-refractivity contribution is -0.376. The molecule has 10 heteroatoms. The maximum Gasteiger partial charge on any atom is 0.430 e. The van der Waals surface area contributed by atoms with E-state index in [1.807, 2.05) is 13.8 Å². The number of aliphatic hydroxyl groups is 1. The predicted octanol–water partition coefficient (Wildman–Crippen LogP) is 5.00. The lowest BCUT2D eigenvalue weighted by Gasteiger charge is -2.32. The van der Waals surface area contributed by atoms with Crippen LogP contribution < -0.4 is 0 Å². The Morgan fingerprint density at radius 3 is 1.61 bits per heavy atom. The Morgan fingerprint density at radius 2 is 1.21 bits per heavy atom. The van der Waals surface area contributed by atoms with Crippen LogP contribution in [0.2, 0.25) is 0 Å². The molecular formula is C18H18F6O3S. The van der Waals surface area contributed by atoms with E-state index in [0.717, 1.165) is 12.1 Å². The van der Waals surface area contributed by atoms with Crippen LogP contribution in [0.15, 0.2) is 59.5 Å². The van der Waals surface area contributed by atoms with Crippen LogP contribution in [0.3, 0.4) is 0 Å². The second-order valence-corrected chi connectivity index (χ2v) is 7.46. The third-order valence-electron chi connectivity index (χ3n) is 3.65. The Kier molecular flexibility index (Phi) is 7.29. The number of alkyl halides is 6. The number of halogens is 6. The van der Waals surface area contributed by atoms with Gasteiger partial charge in [-0.1, -0.05) is 56.3 Å². The van der Waals surface area contributed by atoms with Gasteiger partial charge in [-0.3, -0.25) is 0 Å². The van der Waals surface area contributed by atoms with Crippen LogP contribution in [0.5, 0.6) is 0 Å². The van der Waals surface area contributed by atoms with Crippen molar-refractivity contribution in [1.29, 1.82) is 0 Å². The SMILES string of the molecule is CC.O=S(=O)(Cc1ccc(C(O)(C(F)(F)F)C(F)(F)F)cc1)c1ccccc1. The van der Waals surface area contributed by atoms with Crippen molar-refractivity contribution in [3.05, 3.63) is 65.7 Å². The van der Waals surface area contributed by atoms with Gasteiger partial charge in [-0.25, -0.2) is 8.42 Å². The summed E-state index contributed by atoms with van der Waals surface area (Å²) < 4.78 is 101. The van der Waals surface area contributed by atoms with Crippen LogP contribution in [0.1, 0.15) is 25.0 Å². The molecule has 0 aliphatic carbocycles. The third kappa shape index (κ3) is 4.85. The summed E-state index contributed by atoms with van der Waals surface area (Å²) in [5.41, 5.74) is -6.51. The van der Waals surface area contributed by atoms with Crippen molar-refractivity contribution in [2.45, 2.75) is 42.4 Å². The monoisotopic (exact) mass is 428 g/mol. The van der Waals surface area contributed by atoms with E-state index in [1.54, 1.807) is 6.07 Å². The van der Waals surface area contributed by atoms with Gasteiger partial charge in [-0.05, 0) is 17.7 Å². The molecule has 0 bridgehead atoms. The van der Waals surface area contributed by atoms with E-state index >= 15 is 0 Å². The molecule has 1 N–H and O–H groups in total. The van der Waals surface area contributed by atoms with Crippen molar-refractivity contribution in [1.82, 2.24) is 0 Å². The molecule has 2 aromatic carbocycles. The molecule has 0 fully saturated rings. The van der Waals surface area contributed by atoms with E-state index < -0.39 is 39.1 Å². The van der Waals surface area contributed by atoms with Gasteiger partial charge in [0.15, 0.2) is 9.84 Å².